The van der Waals surface area contributed by atoms with Gasteiger partial charge in [-0.05, 0) is 60.4 Å². The number of likely N-dealkylation sites (tertiary alicyclic amines) is 1. The van der Waals surface area contributed by atoms with Crippen LogP contribution in [0.4, 0.5) is 0 Å². The second kappa shape index (κ2) is 13.4. The third-order valence-corrected chi connectivity index (χ3v) is 9.41. The maximum Gasteiger partial charge on any atom is 0.253 e. The Morgan fingerprint density at radius 3 is 2.43 bits per heavy atom. The minimum atomic E-state index is -0.228. The fourth-order valence-electron chi connectivity index (χ4n) is 5.97. The number of aromatic nitrogens is 5. The van der Waals surface area contributed by atoms with Gasteiger partial charge in [-0.1, -0.05) is 83.0 Å². The fraction of sp³-hybridized carbons (Fsp3) is 0.194. The quantitative estimate of drug-likeness (QED) is 0.188. The van der Waals surface area contributed by atoms with Crippen LogP contribution >= 0.6 is 23.2 Å². The Bertz CT molecular complexity index is 2060. The molecule has 7 rings (SSSR count). The summed E-state index contributed by atoms with van der Waals surface area (Å²) < 4.78 is 3.96. The molecule has 1 saturated heterocycles. The molecular formula is C36H31Cl2N7O2. The highest BCUT2D eigenvalue weighted by Crippen LogP contribution is 2.33. The first kappa shape index (κ1) is 30.7. The van der Waals surface area contributed by atoms with Gasteiger partial charge >= 0.3 is 0 Å². The summed E-state index contributed by atoms with van der Waals surface area (Å²) in [5.41, 5.74) is 6.53. The van der Waals surface area contributed by atoms with Gasteiger partial charge in [-0.2, -0.15) is 0 Å². The van der Waals surface area contributed by atoms with E-state index in [0.29, 0.717) is 53.0 Å². The van der Waals surface area contributed by atoms with Gasteiger partial charge in [0.25, 0.3) is 11.8 Å². The van der Waals surface area contributed by atoms with Crippen LogP contribution in [0.15, 0.2) is 104 Å². The maximum absolute atomic E-state index is 13.4. The first-order chi connectivity index (χ1) is 22.9. The lowest BCUT2D eigenvalue weighted by Gasteiger charge is -2.32. The van der Waals surface area contributed by atoms with Crippen molar-refractivity contribution < 1.29 is 9.59 Å². The number of hydrogen-bond donors (Lipinski definition) is 1. The molecular weight excluding hydrogens is 633 g/mol. The largest absolute Gasteiger partial charge is 0.348 e. The average molecular weight is 665 g/mol. The number of fused-ring (bicyclic) bond motifs is 1. The number of para-hydroxylation sites is 2. The number of hydrogen-bond acceptors (Lipinski definition) is 5. The van der Waals surface area contributed by atoms with Gasteiger partial charge in [-0.25, -0.2) is 9.67 Å². The number of rotatable bonds is 8. The summed E-state index contributed by atoms with van der Waals surface area (Å²) in [5.74, 6) is -0.321. The van der Waals surface area contributed by atoms with E-state index in [9.17, 15) is 9.59 Å². The molecule has 6 aromatic rings. The Balaban J connectivity index is 0.923. The highest BCUT2D eigenvalue weighted by atomic mass is 35.5. The average Bonchev–Trinajstić information content (AvgIpc) is 3.77. The van der Waals surface area contributed by atoms with Crippen molar-refractivity contribution in [1.82, 2.24) is 34.8 Å². The maximum atomic E-state index is 13.4. The molecule has 0 saturated carbocycles. The number of piperidine rings is 1. The molecule has 4 aromatic carbocycles. The molecule has 1 N–H and O–H groups in total. The number of benzene rings is 4. The van der Waals surface area contributed by atoms with Crippen molar-refractivity contribution in [2.24, 2.45) is 0 Å². The number of imidazole rings is 1. The second-order valence-electron chi connectivity index (χ2n) is 11.6. The van der Waals surface area contributed by atoms with E-state index in [1.165, 1.54) is 0 Å². The van der Waals surface area contributed by atoms with Crippen molar-refractivity contribution in [3.63, 3.8) is 0 Å². The first-order valence-corrected chi connectivity index (χ1v) is 16.2. The lowest BCUT2D eigenvalue weighted by Crippen LogP contribution is -2.39. The predicted octanol–water partition coefficient (Wildman–Crippen LogP) is 7.06. The van der Waals surface area contributed by atoms with Crippen LogP contribution in [-0.2, 0) is 13.1 Å². The number of carbonyl (C=O) groups is 2. The van der Waals surface area contributed by atoms with E-state index >= 15 is 0 Å². The van der Waals surface area contributed by atoms with Gasteiger partial charge in [0.15, 0.2) is 0 Å². The minimum Gasteiger partial charge on any atom is -0.348 e. The van der Waals surface area contributed by atoms with E-state index < -0.39 is 0 Å². The molecule has 0 aliphatic carbocycles. The van der Waals surface area contributed by atoms with Crippen LogP contribution in [-0.4, -0.2) is 54.3 Å². The van der Waals surface area contributed by atoms with E-state index in [4.69, 9.17) is 23.2 Å². The van der Waals surface area contributed by atoms with Crippen molar-refractivity contribution in [2.45, 2.75) is 32.0 Å². The summed E-state index contributed by atoms with van der Waals surface area (Å²) in [5, 5.41) is 12.5. The van der Waals surface area contributed by atoms with Gasteiger partial charge in [0.1, 0.15) is 5.69 Å². The summed E-state index contributed by atoms with van der Waals surface area (Å²) in [6, 6.07) is 28.7. The van der Waals surface area contributed by atoms with Gasteiger partial charge in [0.05, 0.1) is 39.6 Å². The van der Waals surface area contributed by atoms with E-state index in [0.717, 1.165) is 40.6 Å². The van der Waals surface area contributed by atoms with Gasteiger partial charge in [-0.15, -0.1) is 5.10 Å². The zero-order valence-electron chi connectivity index (χ0n) is 25.4. The molecule has 47 heavy (non-hydrogen) atoms. The predicted molar refractivity (Wildman–Crippen MR) is 183 cm³/mol. The molecule has 0 radical (unpaired) electrons. The molecule has 9 nitrogen and oxygen atoms in total. The molecule has 0 bridgehead atoms. The summed E-state index contributed by atoms with van der Waals surface area (Å²) in [6.07, 6.45) is 5.19. The number of carbonyl (C=O) groups excluding carboxylic acids is 2. The molecule has 1 fully saturated rings. The Hall–Kier alpha value is -4.99. The lowest BCUT2D eigenvalue weighted by molar-refractivity contribution is 0.0689. The van der Waals surface area contributed by atoms with Crippen LogP contribution in [0.25, 0.3) is 22.3 Å². The SMILES string of the molecule is O=C(NCc1ccc(Cn2cnc3ccccc32)cc1)c1cccc(C(=O)N2CCC(n3cc(-c4cccc(Cl)c4Cl)nn3)CC2)c1. The molecule has 1 aliphatic heterocycles. The molecule has 2 aromatic heterocycles. The first-order valence-electron chi connectivity index (χ1n) is 15.4. The standard InChI is InChI=1S/C36H31Cl2N7O2/c37-30-8-4-7-29(34(30)38)32-22-45(42-41-32)28-15-17-43(18-16-28)36(47)27-6-3-5-26(19-27)35(46)39-20-24-11-13-25(14-12-24)21-44-23-40-31-9-1-2-10-33(31)44/h1-14,19,22-23,28H,15-18,20-21H2,(H,39,46). The van der Waals surface area contributed by atoms with Crippen LogP contribution in [0.1, 0.15) is 50.7 Å². The lowest BCUT2D eigenvalue weighted by atomic mass is 10.0. The Kier molecular flexibility index (Phi) is 8.74. The van der Waals surface area contributed by atoms with E-state index in [1.807, 2.05) is 64.6 Å². The topological polar surface area (TPSA) is 97.9 Å². The summed E-state index contributed by atoms with van der Waals surface area (Å²) in [7, 11) is 0. The monoisotopic (exact) mass is 663 g/mol. The molecule has 0 spiro atoms. The van der Waals surface area contributed by atoms with E-state index in [1.54, 1.807) is 30.3 Å². The Morgan fingerprint density at radius 1 is 0.851 bits per heavy atom. The third kappa shape index (κ3) is 6.63. The number of amides is 2. The summed E-state index contributed by atoms with van der Waals surface area (Å²) in [4.78, 5) is 32.7. The van der Waals surface area contributed by atoms with Crippen molar-refractivity contribution >= 4 is 46.0 Å². The normalized spacial score (nSPS) is 13.6. The van der Waals surface area contributed by atoms with Gasteiger partial charge < -0.3 is 14.8 Å². The summed E-state index contributed by atoms with van der Waals surface area (Å²) in [6.45, 7) is 2.23. The van der Waals surface area contributed by atoms with Gasteiger partial charge in [0.2, 0.25) is 0 Å². The van der Waals surface area contributed by atoms with Crippen LogP contribution in [0, 0.1) is 0 Å². The fourth-order valence-corrected chi connectivity index (χ4v) is 6.37. The Labute approximate surface area is 281 Å². The van der Waals surface area contributed by atoms with Crippen molar-refractivity contribution in [3.05, 3.63) is 136 Å². The highest BCUT2D eigenvalue weighted by molar-refractivity contribution is 6.43. The minimum absolute atomic E-state index is 0.0932. The zero-order chi connectivity index (χ0) is 32.3. The van der Waals surface area contributed by atoms with Crippen LogP contribution in [0.5, 0.6) is 0 Å². The van der Waals surface area contributed by atoms with Crippen LogP contribution in [0.2, 0.25) is 10.0 Å². The van der Waals surface area contributed by atoms with Gasteiger partial charge in [-0.3, -0.25) is 9.59 Å². The molecule has 3 heterocycles. The Morgan fingerprint density at radius 2 is 1.60 bits per heavy atom. The van der Waals surface area contributed by atoms with Gasteiger partial charge in [0, 0.05) is 42.9 Å². The number of halogens is 2. The molecule has 0 atom stereocenters. The van der Waals surface area contributed by atoms with Crippen LogP contribution < -0.4 is 5.32 Å². The molecule has 236 valence electrons. The molecule has 0 unspecified atom stereocenters. The van der Waals surface area contributed by atoms with Crippen molar-refractivity contribution in [1.29, 1.82) is 0 Å². The molecule has 2 amide bonds. The molecule has 1 aliphatic rings. The highest BCUT2D eigenvalue weighted by Gasteiger charge is 2.26. The zero-order valence-corrected chi connectivity index (χ0v) is 26.9. The second-order valence-corrected chi connectivity index (χ2v) is 12.4. The molecule has 11 heteroatoms. The van der Waals surface area contributed by atoms with Crippen molar-refractivity contribution in [3.8, 4) is 11.3 Å². The van der Waals surface area contributed by atoms with Crippen LogP contribution in [0.3, 0.4) is 0 Å². The third-order valence-electron chi connectivity index (χ3n) is 8.59. The summed E-state index contributed by atoms with van der Waals surface area (Å²) >= 11 is 12.5. The smallest absolute Gasteiger partial charge is 0.253 e. The number of nitrogens with one attached hydrogen (secondary N) is 1. The van der Waals surface area contributed by atoms with E-state index in [2.05, 4.69) is 43.4 Å². The van der Waals surface area contributed by atoms with E-state index in [-0.39, 0.29) is 17.9 Å². The van der Waals surface area contributed by atoms with Crippen molar-refractivity contribution in [2.75, 3.05) is 13.1 Å². The number of nitrogens with zero attached hydrogens (tertiary/aromatic N) is 6.